The second-order valence-corrected chi connectivity index (χ2v) is 34.6. The van der Waals surface area contributed by atoms with Gasteiger partial charge in [-0.05, 0) is 188 Å². The van der Waals surface area contributed by atoms with Crippen LogP contribution in [-0.4, -0.2) is 210 Å². The predicted molar refractivity (Wildman–Crippen MR) is 299 cm³/mol. The molecule has 0 N–H and O–H groups in total. The molecule has 0 aromatic heterocycles. The van der Waals surface area contributed by atoms with Gasteiger partial charge in [-0.2, -0.15) is 12.9 Å². The SMILES string of the molecule is CC(C)(C)N1CCN(S(=O)(=O)C2CCCN(C(C)(C)C)C2)CC1.CC1CC(C(C)(C)C)=CCN1S(=O)(=O)C1CCCN(C(C)(C)C)C1.CC1CN(C(C)(C)C)CCN1S(=O)(=O)C1CCCN(C(C)(C)C)C1. The number of hydrogen-bond donors (Lipinski definition) is 0. The molecule has 5 saturated heterocycles. The van der Waals surface area contributed by atoms with Gasteiger partial charge in [0, 0.05) is 112 Å². The third-order valence-electron chi connectivity index (χ3n) is 16.4. The van der Waals surface area contributed by atoms with Gasteiger partial charge in [-0.1, -0.05) is 32.4 Å². The zero-order valence-electron chi connectivity index (χ0n) is 49.1. The van der Waals surface area contributed by atoms with E-state index < -0.39 is 30.1 Å². The third kappa shape index (κ3) is 16.6. The lowest BCUT2D eigenvalue weighted by molar-refractivity contribution is 0.0626. The van der Waals surface area contributed by atoms with Crippen molar-refractivity contribution in [3.63, 3.8) is 0 Å². The van der Waals surface area contributed by atoms with Gasteiger partial charge in [0.15, 0.2) is 0 Å². The molecular formula is C54H108N8O6S3. The summed E-state index contributed by atoms with van der Waals surface area (Å²) in [7, 11) is -9.66. The molecule has 5 unspecified atom stereocenters. The number of rotatable bonds is 6. The monoisotopic (exact) mass is 1060 g/mol. The smallest absolute Gasteiger partial charge is 0.218 e. The number of likely N-dealkylation sites (tertiary alicyclic amines) is 3. The van der Waals surface area contributed by atoms with E-state index in [1.807, 2.05) is 0 Å². The fraction of sp³-hybridized carbons (Fsp3) is 0.963. The van der Waals surface area contributed by atoms with E-state index in [1.165, 1.54) is 5.57 Å². The zero-order chi connectivity index (χ0) is 54.1. The molecule has 71 heavy (non-hydrogen) atoms. The fourth-order valence-electron chi connectivity index (χ4n) is 11.4. The first kappa shape index (κ1) is 62.8. The molecule has 5 atom stereocenters. The van der Waals surface area contributed by atoms with Crippen molar-refractivity contribution >= 4 is 30.1 Å². The number of hydrogen-bond acceptors (Lipinski definition) is 11. The van der Waals surface area contributed by atoms with Gasteiger partial charge in [-0.15, -0.1) is 0 Å². The van der Waals surface area contributed by atoms with Crippen molar-refractivity contribution in [2.45, 2.75) is 239 Å². The Morgan fingerprint density at radius 3 is 1.07 bits per heavy atom. The Labute approximate surface area is 438 Å². The molecule has 418 valence electrons. The first-order valence-corrected chi connectivity index (χ1v) is 32.0. The maximum Gasteiger partial charge on any atom is 0.218 e. The highest BCUT2D eigenvalue weighted by Gasteiger charge is 2.45. The average molecular weight is 1060 g/mol. The summed E-state index contributed by atoms with van der Waals surface area (Å²) in [6, 6.07) is 0.104. The van der Waals surface area contributed by atoms with Crippen LogP contribution in [0.3, 0.4) is 0 Å². The summed E-state index contributed by atoms with van der Waals surface area (Å²) in [6.45, 7) is 54.2. The molecule has 0 aliphatic carbocycles. The van der Waals surface area contributed by atoms with Crippen molar-refractivity contribution in [2.24, 2.45) is 5.41 Å². The molecule has 0 amide bonds. The van der Waals surface area contributed by atoms with E-state index in [2.05, 4.69) is 169 Å². The summed E-state index contributed by atoms with van der Waals surface area (Å²) in [6.07, 6.45) is 8.27. The van der Waals surface area contributed by atoms with Crippen molar-refractivity contribution in [1.82, 2.24) is 37.4 Å². The van der Waals surface area contributed by atoms with E-state index in [0.29, 0.717) is 45.8 Å². The van der Waals surface area contributed by atoms with E-state index in [-0.39, 0.29) is 60.9 Å². The summed E-state index contributed by atoms with van der Waals surface area (Å²) in [5, 5.41) is -0.761. The predicted octanol–water partition coefficient (Wildman–Crippen LogP) is 8.02. The second kappa shape index (κ2) is 23.5. The molecule has 5 fully saturated rings. The Hall–Kier alpha value is -0.730. The zero-order valence-corrected chi connectivity index (χ0v) is 51.5. The van der Waals surface area contributed by atoms with E-state index in [9.17, 15) is 25.3 Å². The lowest BCUT2D eigenvalue weighted by Gasteiger charge is -2.47. The van der Waals surface area contributed by atoms with Crippen LogP contribution in [0.1, 0.15) is 183 Å². The van der Waals surface area contributed by atoms with Gasteiger partial charge in [0.25, 0.3) is 0 Å². The van der Waals surface area contributed by atoms with E-state index in [1.54, 1.807) is 12.9 Å². The summed E-state index contributed by atoms with van der Waals surface area (Å²) in [5.41, 5.74) is 1.81. The highest BCUT2D eigenvalue weighted by molar-refractivity contribution is 7.90. The second-order valence-electron chi connectivity index (χ2n) is 28.0. The molecule has 14 nitrogen and oxygen atoms in total. The van der Waals surface area contributed by atoms with Gasteiger partial charge < -0.3 is 0 Å². The quantitative estimate of drug-likeness (QED) is 0.240. The van der Waals surface area contributed by atoms with Crippen LogP contribution in [0.2, 0.25) is 0 Å². The highest BCUT2D eigenvalue weighted by atomic mass is 32.2. The number of piperidine rings is 3. The van der Waals surface area contributed by atoms with Gasteiger partial charge in [0.05, 0.1) is 15.7 Å². The van der Waals surface area contributed by atoms with Crippen LogP contribution in [0.25, 0.3) is 0 Å². The Balaban J connectivity index is 0.000000231. The van der Waals surface area contributed by atoms with Crippen LogP contribution in [0.5, 0.6) is 0 Å². The van der Waals surface area contributed by atoms with Gasteiger partial charge in [0.1, 0.15) is 0 Å². The van der Waals surface area contributed by atoms with E-state index in [4.69, 9.17) is 0 Å². The molecule has 0 aromatic carbocycles. The van der Waals surface area contributed by atoms with Crippen molar-refractivity contribution in [1.29, 1.82) is 0 Å². The molecule has 6 heterocycles. The maximum atomic E-state index is 13.3. The molecule has 0 aromatic rings. The Morgan fingerprint density at radius 1 is 0.394 bits per heavy atom. The topological polar surface area (TPSA) is 128 Å². The molecule has 0 spiro atoms. The maximum absolute atomic E-state index is 13.3. The van der Waals surface area contributed by atoms with Crippen molar-refractivity contribution in [2.75, 3.05) is 91.6 Å². The molecule has 6 aliphatic heterocycles. The molecule has 17 heteroatoms. The summed E-state index contributed by atoms with van der Waals surface area (Å²) in [4.78, 5) is 11.7. The van der Waals surface area contributed by atoms with Gasteiger partial charge >= 0.3 is 0 Å². The van der Waals surface area contributed by atoms with Crippen molar-refractivity contribution in [3.8, 4) is 0 Å². The fourth-order valence-corrected chi connectivity index (χ4v) is 17.5. The van der Waals surface area contributed by atoms with Crippen LogP contribution in [0.15, 0.2) is 11.6 Å². The van der Waals surface area contributed by atoms with Crippen LogP contribution < -0.4 is 0 Å². The first-order valence-electron chi connectivity index (χ1n) is 27.5. The molecule has 0 radical (unpaired) electrons. The van der Waals surface area contributed by atoms with Gasteiger partial charge in [-0.3, -0.25) is 24.5 Å². The minimum absolute atomic E-state index is 0.0288. The first-order chi connectivity index (χ1) is 32.1. The molecular weight excluding hydrogens is 953 g/mol. The van der Waals surface area contributed by atoms with Crippen LogP contribution in [-0.2, 0) is 30.1 Å². The molecule has 0 saturated carbocycles. The standard InChI is InChI=1S/C19H36N2O2S.C18H37N3O2S.C17H35N3O2S/c1-15-13-16(18(2,3)4)10-12-21(15)24(22,23)17-9-8-11-20(14-17)19(5,6)7;1-15-13-20(18(5,6)7)11-12-21(15)24(22,23)16-9-8-10-19(14-16)17(2,3)4;1-16(2,3)18-10-12-20(13-11-18)23(21,22)15-8-7-9-19(14-15)17(4,5)6/h10,15,17H,8-9,11-14H2,1-7H3;15-16H,8-14H2,1-7H3;15H,7-14H2,1-6H3. The normalized spacial score (nSPS) is 28.6. The molecule has 0 bridgehead atoms. The van der Waals surface area contributed by atoms with Crippen LogP contribution in [0, 0.1) is 5.41 Å². The largest absolute Gasteiger partial charge is 0.297 e. The number of nitrogens with zero attached hydrogens (tertiary/aromatic N) is 8. The Morgan fingerprint density at radius 2 is 0.732 bits per heavy atom. The minimum Gasteiger partial charge on any atom is -0.297 e. The average Bonchev–Trinajstić information content (AvgIpc) is 3.25. The van der Waals surface area contributed by atoms with Crippen LogP contribution in [0.4, 0.5) is 0 Å². The Kier molecular flexibility index (Phi) is 20.8. The van der Waals surface area contributed by atoms with Gasteiger partial charge in [0.2, 0.25) is 30.1 Å². The summed E-state index contributed by atoms with van der Waals surface area (Å²) in [5.74, 6) is 0. The van der Waals surface area contributed by atoms with Gasteiger partial charge in [-0.25, -0.2) is 25.3 Å². The lowest BCUT2D eigenvalue weighted by Crippen LogP contribution is -2.61. The Bertz CT molecular complexity index is 2080. The molecule has 6 aliphatic rings. The summed E-state index contributed by atoms with van der Waals surface area (Å²) >= 11 is 0. The number of sulfonamides is 3. The van der Waals surface area contributed by atoms with E-state index >= 15 is 0 Å². The van der Waals surface area contributed by atoms with E-state index in [0.717, 1.165) is 90.8 Å². The highest BCUT2D eigenvalue weighted by Crippen LogP contribution is 2.36. The van der Waals surface area contributed by atoms with Crippen LogP contribution >= 0.6 is 0 Å². The number of piperazine rings is 2. The molecule has 6 rings (SSSR count). The minimum atomic E-state index is -3.25. The lowest BCUT2D eigenvalue weighted by atomic mass is 9.81. The van der Waals surface area contributed by atoms with Crippen molar-refractivity contribution < 1.29 is 25.3 Å². The third-order valence-corrected chi connectivity index (χ3v) is 23.6. The van der Waals surface area contributed by atoms with Crippen molar-refractivity contribution in [3.05, 3.63) is 11.6 Å². The summed E-state index contributed by atoms with van der Waals surface area (Å²) < 4.78 is 84.4.